The molecule has 0 radical (unpaired) electrons. The van der Waals surface area contributed by atoms with Gasteiger partial charge in [-0.05, 0) is 30.3 Å². The van der Waals surface area contributed by atoms with Gasteiger partial charge in [-0.2, -0.15) is 0 Å². The van der Waals surface area contributed by atoms with E-state index >= 15 is 0 Å². The lowest BCUT2D eigenvalue weighted by molar-refractivity contribution is -0.118. The minimum atomic E-state index is -0.744. The Hall–Kier alpha value is -3.34. The molecule has 0 saturated carbocycles. The molecular formula is C22H18ClFN4O4S. The number of thiophene rings is 1. The maximum absolute atomic E-state index is 14.5. The fraction of sp³-hybridized carbons (Fsp3) is 0.182. The van der Waals surface area contributed by atoms with E-state index < -0.39 is 23.7 Å². The van der Waals surface area contributed by atoms with Crippen molar-refractivity contribution in [1.29, 1.82) is 0 Å². The van der Waals surface area contributed by atoms with Gasteiger partial charge in [0.05, 0.1) is 33.7 Å². The van der Waals surface area contributed by atoms with Crippen molar-refractivity contribution in [3.8, 4) is 5.69 Å². The summed E-state index contributed by atoms with van der Waals surface area (Å²) in [6.45, 7) is -0.000370. The molecule has 1 aliphatic heterocycles. The van der Waals surface area contributed by atoms with Gasteiger partial charge in [0, 0.05) is 24.9 Å². The highest BCUT2D eigenvalue weighted by molar-refractivity contribution is 7.18. The molecule has 3 heterocycles. The zero-order valence-corrected chi connectivity index (χ0v) is 18.7. The highest BCUT2D eigenvalue weighted by Gasteiger charge is 2.33. The third-order valence-electron chi connectivity index (χ3n) is 5.01. The lowest BCUT2D eigenvalue weighted by Crippen LogP contribution is -2.41. The zero-order valence-electron chi connectivity index (χ0n) is 17.1. The number of hydrogen-bond acceptors (Lipinski definition) is 6. The van der Waals surface area contributed by atoms with Crippen LogP contribution >= 0.6 is 22.9 Å². The van der Waals surface area contributed by atoms with Crippen LogP contribution < -0.4 is 16.2 Å². The van der Waals surface area contributed by atoms with E-state index in [1.165, 1.54) is 29.0 Å². The van der Waals surface area contributed by atoms with E-state index in [2.05, 4.69) is 10.6 Å². The summed E-state index contributed by atoms with van der Waals surface area (Å²) in [5.41, 5.74) is -0.0271. The number of anilines is 1. The van der Waals surface area contributed by atoms with Gasteiger partial charge in [0.2, 0.25) is 5.91 Å². The predicted octanol–water partition coefficient (Wildman–Crippen LogP) is 2.31. The Morgan fingerprint density at radius 3 is 2.67 bits per heavy atom. The van der Waals surface area contributed by atoms with Gasteiger partial charge < -0.3 is 10.6 Å². The molecule has 1 aromatic carbocycles. The van der Waals surface area contributed by atoms with Crippen molar-refractivity contribution >= 4 is 46.2 Å². The van der Waals surface area contributed by atoms with Gasteiger partial charge in [-0.1, -0.05) is 17.7 Å². The van der Waals surface area contributed by atoms with E-state index in [1.54, 1.807) is 29.2 Å². The van der Waals surface area contributed by atoms with Crippen LogP contribution in [-0.4, -0.2) is 52.7 Å². The molecule has 3 aromatic rings. The van der Waals surface area contributed by atoms with Gasteiger partial charge in [0.1, 0.15) is 11.9 Å². The first-order valence-electron chi connectivity index (χ1n) is 9.89. The number of Topliss-reactive ketones (excluding diaryl/α,β-unsaturated/α-hetero) is 1. The van der Waals surface area contributed by atoms with Crippen molar-refractivity contribution in [2.45, 2.75) is 6.04 Å². The Balaban J connectivity index is 1.34. The number of aromatic nitrogens is 1. The first-order valence-corrected chi connectivity index (χ1v) is 11.1. The second kappa shape index (κ2) is 9.65. The summed E-state index contributed by atoms with van der Waals surface area (Å²) in [5.74, 6) is -1.84. The fourth-order valence-electron chi connectivity index (χ4n) is 3.46. The molecule has 2 aromatic heterocycles. The van der Waals surface area contributed by atoms with Crippen LogP contribution in [0.15, 0.2) is 59.5 Å². The first kappa shape index (κ1) is 22.8. The molecule has 8 nitrogen and oxygen atoms in total. The van der Waals surface area contributed by atoms with Crippen molar-refractivity contribution in [3.63, 3.8) is 0 Å². The van der Waals surface area contributed by atoms with Crippen molar-refractivity contribution in [3.05, 3.63) is 80.1 Å². The van der Waals surface area contributed by atoms with Gasteiger partial charge in [-0.25, -0.2) is 4.39 Å². The summed E-state index contributed by atoms with van der Waals surface area (Å²) in [6.07, 6.45) is 1.52. The van der Waals surface area contributed by atoms with Crippen molar-refractivity contribution in [2.24, 2.45) is 0 Å². The van der Waals surface area contributed by atoms with Crippen LogP contribution in [0.2, 0.25) is 4.34 Å². The van der Waals surface area contributed by atoms with Gasteiger partial charge >= 0.3 is 0 Å². The van der Waals surface area contributed by atoms with Gasteiger partial charge in [-0.3, -0.25) is 28.6 Å². The fourth-order valence-corrected chi connectivity index (χ4v) is 4.40. The number of halogens is 2. The Labute approximate surface area is 196 Å². The number of rotatable bonds is 6. The van der Waals surface area contributed by atoms with E-state index in [0.717, 1.165) is 17.4 Å². The Morgan fingerprint density at radius 2 is 1.97 bits per heavy atom. The summed E-state index contributed by atoms with van der Waals surface area (Å²) in [4.78, 5) is 50.8. The molecule has 0 unspecified atom stereocenters. The lowest BCUT2D eigenvalue weighted by Gasteiger charge is -2.15. The number of nitrogens with one attached hydrogen (secondary N) is 2. The number of benzene rings is 1. The summed E-state index contributed by atoms with van der Waals surface area (Å²) in [5, 5.41) is 5.12. The average Bonchev–Trinajstić information content (AvgIpc) is 3.35. The van der Waals surface area contributed by atoms with E-state index in [0.29, 0.717) is 14.9 Å². The average molecular weight is 489 g/mol. The van der Waals surface area contributed by atoms with Gasteiger partial charge in [-0.15, -0.1) is 11.3 Å². The first-order chi connectivity index (χ1) is 15.8. The second-order valence-corrected chi connectivity index (χ2v) is 9.10. The summed E-state index contributed by atoms with van der Waals surface area (Å²) < 4.78 is 16.3. The van der Waals surface area contributed by atoms with Crippen LogP contribution in [0.5, 0.6) is 0 Å². The van der Waals surface area contributed by atoms with Crippen LogP contribution in [0.4, 0.5) is 10.1 Å². The monoisotopic (exact) mass is 488 g/mol. The Bertz CT molecular complexity index is 1290. The van der Waals surface area contributed by atoms with E-state index in [9.17, 15) is 23.6 Å². The maximum Gasteiger partial charge on any atom is 0.262 e. The number of carbonyl (C=O) groups excluding carboxylic acids is 3. The molecular weight excluding hydrogens is 471 g/mol. The zero-order chi connectivity index (χ0) is 23.5. The second-order valence-electron chi connectivity index (χ2n) is 7.39. The van der Waals surface area contributed by atoms with Crippen molar-refractivity contribution in [1.82, 2.24) is 14.8 Å². The minimum Gasteiger partial charge on any atom is -0.340 e. The molecule has 4 rings (SSSR count). The molecule has 0 bridgehead atoms. The molecule has 1 fully saturated rings. The Morgan fingerprint density at radius 1 is 1.15 bits per heavy atom. The lowest BCUT2D eigenvalue weighted by atomic mass is 10.2. The number of ketones is 1. The largest absolute Gasteiger partial charge is 0.340 e. The molecule has 170 valence electrons. The van der Waals surface area contributed by atoms with Crippen LogP contribution in [0.25, 0.3) is 5.69 Å². The standard InChI is InChI=1S/C22H18ClFN4O4S/c23-19-7-6-18(33-19)22(32)26-16-10-27(11-17(16)29)12-20(30)25-15-5-4-13(9-14(15)24)28-8-2-1-3-21(28)31/h1-9,16H,10-12H2,(H,25,30)(H,26,32)/t16-/m0/s1. The van der Waals surface area contributed by atoms with Gasteiger partial charge in [0.15, 0.2) is 5.78 Å². The molecule has 0 spiro atoms. The quantitative estimate of drug-likeness (QED) is 0.554. The molecule has 0 aliphatic carbocycles. The molecule has 2 N–H and O–H groups in total. The third-order valence-corrected chi connectivity index (χ3v) is 6.24. The smallest absolute Gasteiger partial charge is 0.262 e. The van der Waals surface area contributed by atoms with E-state index in [4.69, 9.17) is 11.6 Å². The third kappa shape index (κ3) is 5.36. The van der Waals surface area contributed by atoms with Crippen LogP contribution in [0.1, 0.15) is 9.67 Å². The molecule has 33 heavy (non-hydrogen) atoms. The summed E-state index contributed by atoms with van der Waals surface area (Å²) in [6, 6.07) is 11.0. The summed E-state index contributed by atoms with van der Waals surface area (Å²) >= 11 is 6.94. The van der Waals surface area contributed by atoms with Crippen molar-refractivity contribution < 1.29 is 18.8 Å². The normalized spacial score (nSPS) is 16.1. The van der Waals surface area contributed by atoms with Gasteiger partial charge in [0.25, 0.3) is 11.5 Å². The topological polar surface area (TPSA) is 101 Å². The van der Waals surface area contributed by atoms with Crippen molar-refractivity contribution in [2.75, 3.05) is 25.0 Å². The number of hydrogen-bond donors (Lipinski definition) is 2. The highest BCUT2D eigenvalue weighted by Crippen LogP contribution is 2.22. The van der Waals surface area contributed by atoms with Crippen LogP contribution in [0.3, 0.4) is 0 Å². The molecule has 2 amide bonds. The predicted molar refractivity (Wildman–Crippen MR) is 123 cm³/mol. The SMILES string of the molecule is O=C(CN1CC(=O)[C@@H](NC(=O)c2ccc(Cl)s2)C1)Nc1ccc(-n2ccccc2=O)cc1F. The molecule has 1 aliphatic rings. The number of likely N-dealkylation sites (tertiary alicyclic amines) is 1. The molecule has 1 saturated heterocycles. The summed E-state index contributed by atoms with van der Waals surface area (Å²) in [7, 11) is 0. The number of pyridine rings is 1. The maximum atomic E-state index is 14.5. The van der Waals surface area contributed by atoms with E-state index in [-0.39, 0.29) is 36.7 Å². The number of nitrogens with zero attached hydrogens (tertiary/aromatic N) is 2. The van der Waals surface area contributed by atoms with Crippen LogP contribution in [0, 0.1) is 5.82 Å². The number of carbonyl (C=O) groups is 3. The molecule has 11 heteroatoms. The number of amides is 2. The highest BCUT2D eigenvalue weighted by atomic mass is 35.5. The Kier molecular flexibility index (Phi) is 6.68. The van der Waals surface area contributed by atoms with E-state index in [1.807, 2.05) is 0 Å². The minimum absolute atomic E-state index is 0.0120. The van der Waals surface area contributed by atoms with Crippen LogP contribution in [-0.2, 0) is 9.59 Å². The molecule has 1 atom stereocenters.